The Morgan fingerprint density at radius 3 is 2.69 bits per heavy atom. The summed E-state index contributed by atoms with van der Waals surface area (Å²) in [5.41, 5.74) is 0.689. The number of amides is 1. The normalized spacial score (nSPS) is 9.69. The van der Waals surface area contributed by atoms with Crippen LogP contribution in [0.1, 0.15) is 5.56 Å². The Hall–Kier alpha value is -1.26. The van der Waals surface area contributed by atoms with Crippen molar-refractivity contribution in [3.63, 3.8) is 0 Å². The van der Waals surface area contributed by atoms with Crippen LogP contribution in [-0.4, -0.2) is 16.2 Å². The molecule has 13 heavy (non-hydrogen) atoms. The molecule has 1 amide bonds. The minimum absolute atomic E-state index is 0.0923. The molecule has 0 fully saturated rings. The molecule has 5 heteroatoms. The predicted molar refractivity (Wildman–Crippen MR) is 49.2 cm³/mol. The van der Waals surface area contributed by atoms with E-state index >= 15 is 0 Å². The number of halogens is 1. The summed E-state index contributed by atoms with van der Waals surface area (Å²) in [5.74, 6) is 5.19. The molecule has 0 aliphatic carbocycles. The first-order chi connectivity index (χ1) is 6.11. The zero-order valence-corrected chi connectivity index (χ0v) is 7.53. The summed E-state index contributed by atoms with van der Waals surface area (Å²) in [4.78, 5) is 10.4. The van der Waals surface area contributed by atoms with E-state index in [-0.39, 0.29) is 6.54 Å². The largest absolute Gasteiger partial charge is 0.464 e. The van der Waals surface area contributed by atoms with Crippen molar-refractivity contribution in [3.05, 3.63) is 34.9 Å². The van der Waals surface area contributed by atoms with Gasteiger partial charge in [0.05, 0.1) is 6.54 Å². The van der Waals surface area contributed by atoms with Gasteiger partial charge in [-0.2, -0.15) is 0 Å². The third kappa shape index (κ3) is 2.61. The van der Waals surface area contributed by atoms with Crippen molar-refractivity contribution < 1.29 is 9.90 Å². The minimum Gasteiger partial charge on any atom is -0.464 e. The van der Waals surface area contributed by atoms with Crippen molar-refractivity contribution in [1.29, 1.82) is 0 Å². The number of hydrazine groups is 1. The molecule has 0 atom stereocenters. The van der Waals surface area contributed by atoms with Gasteiger partial charge in [-0.15, -0.1) is 0 Å². The first kappa shape index (κ1) is 9.83. The molecule has 0 aliphatic heterocycles. The molecule has 1 aromatic rings. The fourth-order valence-corrected chi connectivity index (χ4v) is 1.07. The average Bonchev–Trinajstić information content (AvgIpc) is 2.08. The molecule has 0 saturated heterocycles. The van der Waals surface area contributed by atoms with Gasteiger partial charge in [-0.3, -0.25) is 0 Å². The highest BCUT2D eigenvalue weighted by Gasteiger charge is 2.08. The van der Waals surface area contributed by atoms with Crippen molar-refractivity contribution in [3.8, 4) is 0 Å². The van der Waals surface area contributed by atoms with Crippen LogP contribution in [0.3, 0.4) is 0 Å². The second-order valence-electron chi connectivity index (χ2n) is 2.50. The Balaban J connectivity index is 2.74. The van der Waals surface area contributed by atoms with E-state index in [9.17, 15) is 4.79 Å². The molecular weight excluding hydrogens is 192 g/mol. The molecule has 0 heterocycles. The van der Waals surface area contributed by atoms with Crippen molar-refractivity contribution in [2.75, 3.05) is 0 Å². The zero-order valence-electron chi connectivity index (χ0n) is 6.77. The first-order valence-electron chi connectivity index (χ1n) is 3.60. The maximum atomic E-state index is 10.4. The van der Waals surface area contributed by atoms with Crippen molar-refractivity contribution in [1.82, 2.24) is 5.01 Å². The number of hydrogen-bond acceptors (Lipinski definition) is 2. The average molecular weight is 201 g/mol. The number of carboxylic acid groups (broad SMARTS) is 1. The molecule has 1 rings (SSSR count). The number of nitrogens with two attached hydrogens (primary N) is 1. The topological polar surface area (TPSA) is 66.6 Å². The summed E-state index contributed by atoms with van der Waals surface area (Å²) in [7, 11) is 0. The van der Waals surface area contributed by atoms with E-state index in [0.29, 0.717) is 15.6 Å². The molecule has 3 N–H and O–H groups in total. The lowest BCUT2D eigenvalue weighted by Gasteiger charge is -2.12. The summed E-state index contributed by atoms with van der Waals surface area (Å²) in [6.07, 6.45) is -1.18. The van der Waals surface area contributed by atoms with Crippen LogP contribution in [0.4, 0.5) is 4.79 Å². The molecule has 1 aromatic carbocycles. The van der Waals surface area contributed by atoms with Crippen LogP contribution >= 0.6 is 11.6 Å². The lowest BCUT2D eigenvalue weighted by molar-refractivity contribution is 0.143. The number of hydrogen-bond donors (Lipinski definition) is 2. The molecule has 0 bridgehead atoms. The second-order valence-corrected chi connectivity index (χ2v) is 2.91. The van der Waals surface area contributed by atoms with Gasteiger partial charge in [-0.05, 0) is 11.6 Å². The molecular formula is C8H9ClN2O2. The summed E-state index contributed by atoms with van der Waals surface area (Å²) in [5, 5.41) is 9.69. The van der Waals surface area contributed by atoms with Crippen LogP contribution in [-0.2, 0) is 6.54 Å². The van der Waals surface area contributed by atoms with E-state index in [4.69, 9.17) is 22.6 Å². The van der Waals surface area contributed by atoms with Crippen LogP contribution in [0.5, 0.6) is 0 Å². The van der Waals surface area contributed by atoms with Gasteiger partial charge in [-0.1, -0.05) is 29.8 Å². The molecule has 0 radical (unpaired) electrons. The summed E-state index contributed by atoms with van der Waals surface area (Å²) >= 11 is 5.80. The quantitative estimate of drug-likeness (QED) is 0.434. The second kappa shape index (κ2) is 4.11. The Morgan fingerprint density at radius 2 is 2.15 bits per heavy atom. The van der Waals surface area contributed by atoms with Crippen LogP contribution in [0, 0.1) is 0 Å². The summed E-state index contributed by atoms with van der Waals surface area (Å²) in [6.45, 7) is 0.0923. The number of rotatable bonds is 2. The molecule has 0 saturated carbocycles. The highest BCUT2D eigenvalue weighted by atomic mass is 35.5. The Morgan fingerprint density at radius 1 is 1.54 bits per heavy atom. The maximum absolute atomic E-state index is 10.4. The monoisotopic (exact) mass is 200 g/mol. The van der Waals surface area contributed by atoms with Gasteiger partial charge < -0.3 is 5.11 Å². The van der Waals surface area contributed by atoms with Gasteiger partial charge in [0.25, 0.3) is 0 Å². The zero-order chi connectivity index (χ0) is 9.84. The van der Waals surface area contributed by atoms with Crippen LogP contribution in [0.15, 0.2) is 24.3 Å². The van der Waals surface area contributed by atoms with E-state index in [0.717, 1.165) is 0 Å². The number of carbonyl (C=O) groups is 1. The summed E-state index contributed by atoms with van der Waals surface area (Å²) in [6, 6.07) is 6.96. The van der Waals surface area contributed by atoms with E-state index in [1.807, 2.05) is 0 Å². The fraction of sp³-hybridized carbons (Fsp3) is 0.125. The van der Waals surface area contributed by atoms with Gasteiger partial charge >= 0.3 is 6.09 Å². The SMILES string of the molecule is NN(Cc1ccccc1Cl)C(=O)O. The van der Waals surface area contributed by atoms with Crippen LogP contribution in [0.25, 0.3) is 0 Å². The Kier molecular flexibility index (Phi) is 3.11. The van der Waals surface area contributed by atoms with Gasteiger partial charge in [0.1, 0.15) is 0 Å². The highest BCUT2D eigenvalue weighted by molar-refractivity contribution is 6.31. The van der Waals surface area contributed by atoms with E-state index in [2.05, 4.69) is 0 Å². The molecule has 70 valence electrons. The number of benzene rings is 1. The van der Waals surface area contributed by atoms with Gasteiger partial charge in [-0.25, -0.2) is 15.6 Å². The highest BCUT2D eigenvalue weighted by Crippen LogP contribution is 2.15. The van der Waals surface area contributed by atoms with Gasteiger partial charge in [0.2, 0.25) is 0 Å². The first-order valence-corrected chi connectivity index (χ1v) is 3.97. The lowest BCUT2D eigenvalue weighted by atomic mass is 10.2. The Labute approximate surface area is 80.5 Å². The van der Waals surface area contributed by atoms with E-state index < -0.39 is 6.09 Å². The lowest BCUT2D eigenvalue weighted by Crippen LogP contribution is -2.35. The van der Waals surface area contributed by atoms with Crippen molar-refractivity contribution in [2.45, 2.75) is 6.54 Å². The predicted octanol–water partition coefficient (Wildman–Crippen LogP) is 1.69. The molecule has 0 spiro atoms. The van der Waals surface area contributed by atoms with Gasteiger partial charge in [0, 0.05) is 5.02 Å². The number of nitrogens with zero attached hydrogens (tertiary/aromatic N) is 1. The van der Waals surface area contributed by atoms with Crippen LogP contribution in [0.2, 0.25) is 5.02 Å². The molecule has 4 nitrogen and oxygen atoms in total. The third-order valence-corrected chi connectivity index (χ3v) is 1.91. The molecule has 0 aromatic heterocycles. The van der Waals surface area contributed by atoms with Crippen molar-refractivity contribution >= 4 is 17.7 Å². The Bertz CT molecular complexity index is 317. The molecule has 0 unspecified atom stereocenters. The minimum atomic E-state index is -1.18. The van der Waals surface area contributed by atoms with E-state index in [1.165, 1.54) is 0 Å². The standard InChI is InChI=1S/C8H9ClN2O2/c9-7-4-2-1-3-6(7)5-11(10)8(12)13/h1-4H,5,10H2,(H,12,13). The smallest absolute Gasteiger partial charge is 0.421 e. The maximum Gasteiger partial charge on any atom is 0.421 e. The van der Waals surface area contributed by atoms with Crippen molar-refractivity contribution in [2.24, 2.45) is 5.84 Å². The third-order valence-electron chi connectivity index (χ3n) is 1.54. The van der Waals surface area contributed by atoms with E-state index in [1.54, 1.807) is 24.3 Å². The van der Waals surface area contributed by atoms with Gasteiger partial charge in [0.15, 0.2) is 0 Å². The summed E-state index contributed by atoms with van der Waals surface area (Å²) < 4.78 is 0. The van der Waals surface area contributed by atoms with Crippen LogP contribution < -0.4 is 5.84 Å². The molecule has 0 aliphatic rings. The fourth-order valence-electron chi connectivity index (χ4n) is 0.878.